The summed E-state index contributed by atoms with van der Waals surface area (Å²) in [6.07, 6.45) is 0. The summed E-state index contributed by atoms with van der Waals surface area (Å²) in [4.78, 5) is 0. The summed E-state index contributed by atoms with van der Waals surface area (Å²) in [6, 6.07) is 84.4. The molecule has 0 radical (unpaired) electrons. The number of aromatic nitrogens is 2. The molecule has 3 aromatic heterocycles. The number of para-hydroxylation sites is 3. The number of benzene rings is 9. The van der Waals surface area contributed by atoms with Crippen molar-refractivity contribution in [1.82, 2.24) is 9.13 Å². The quantitative estimate of drug-likeness (QED) is 0.117. The van der Waals surface area contributed by atoms with Gasteiger partial charge in [-0.25, -0.2) is 0 Å². The third-order valence-electron chi connectivity index (χ3n) is 12.5. The zero-order chi connectivity index (χ0) is 39.6. The minimum absolute atomic E-state index is 0.861. The van der Waals surface area contributed by atoms with Gasteiger partial charge < -0.3 is 8.98 Å². The van der Waals surface area contributed by atoms with Crippen LogP contribution in [0, 0.1) is 0 Å². The van der Waals surface area contributed by atoms with E-state index in [0.29, 0.717) is 0 Å². The molecule has 0 aliphatic carbocycles. The molecule has 0 fully saturated rings. The Morgan fingerprint density at radius 1 is 0.333 bits per heavy atom. The van der Waals surface area contributed by atoms with Gasteiger partial charge in [0.1, 0.15) is 5.58 Å². The van der Waals surface area contributed by atoms with E-state index in [-0.39, 0.29) is 0 Å². The number of nitrogens with zero attached hydrogens (tertiary/aromatic N) is 2. The molecular formula is C56H38N2OSi. The smallest absolute Gasteiger partial charge is 0.213 e. The Morgan fingerprint density at radius 3 is 1.58 bits per heavy atom. The Morgan fingerprint density at radius 2 is 0.883 bits per heavy atom. The summed E-state index contributed by atoms with van der Waals surface area (Å²) in [5, 5.41) is 11.4. The second kappa shape index (κ2) is 13.7. The Bertz CT molecular complexity index is 3430. The fourth-order valence-corrected chi connectivity index (χ4v) is 14.7. The molecule has 12 rings (SSSR count). The number of fused-ring (bicyclic) bond motifs is 8. The van der Waals surface area contributed by atoms with E-state index in [2.05, 4.69) is 234 Å². The molecule has 0 N–H and O–H groups in total. The van der Waals surface area contributed by atoms with Gasteiger partial charge in [-0.15, -0.1) is 0 Å². The molecule has 0 aliphatic rings. The van der Waals surface area contributed by atoms with E-state index in [0.717, 1.165) is 44.5 Å². The molecule has 0 aliphatic heterocycles. The second-order valence-electron chi connectivity index (χ2n) is 15.6. The van der Waals surface area contributed by atoms with E-state index in [1.54, 1.807) is 0 Å². The summed E-state index contributed by atoms with van der Waals surface area (Å²) in [5.41, 5.74) is 9.77. The third kappa shape index (κ3) is 5.08. The number of rotatable bonds is 7. The fourth-order valence-electron chi connectivity index (χ4n) is 9.97. The van der Waals surface area contributed by atoms with Crippen molar-refractivity contribution in [2.75, 3.05) is 0 Å². The SMILES string of the molecule is c1ccc(-n2c3cccc(-c4cccc(-n5c6ccccc6c6cc([Si](c7ccccc7)(c7ccccc7)c7ccccc7)ccc65)c4)c3c3c4ccccc4oc32)cc1. The Balaban J connectivity index is 1.09. The van der Waals surface area contributed by atoms with Crippen molar-refractivity contribution in [3.8, 4) is 22.5 Å². The van der Waals surface area contributed by atoms with Crippen LogP contribution in [0.15, 0.2) is 235 Å². The average Bonchev–Trinajstić information content (AvgIpc) is 3.97. The lowest BCUT2D eigenvalue weighted by molar-refractivity contribution is 0.645. The van der Waals surface area contributed by atoms with Gasteiger partial charge in [-0.05, 0) is 80.4 Å². The molecule has 0 saturated heterocycles. The molecule has 0 spiro atoms. The van der Waals surface area contributed by atoms with Crippen molar-refractivity contribution in [3.05, 3.63) is 231 Å². The molecule has 3 heterocycles. The zero-order valence-corrected chi connectivity index (χ0v) is 33.7. The van der Waals surface area contributed by atoms with Gasteiger partial charge in [-0.3, -0.25) is 4.57 Å². The van der Waals surface area contributed by atoms with Crippen LogP contribution in [0.1, 0.15) is 0 Å². The molecule has 0 unspecified atom stereocenters. The van der Waals surface area contributed by atoms with Crippen LogP contribution in [-0.4, -0.2) is 17.2 Å². The van der Waals surface area contributed by atoms with Crippen LogP contribution >= 0.6 is 0 Å². The predicted molar refractivity (Wildman–Crippen MR) is 254 cm³/mol. The van der Waals surface area contributed by atoms with E-state index in [1.165, 1.54) is 53.5 Å². The number of hydrogen-bond acceptors (Lipinski definition) is 1. The maximum absolute atomic E-state index is 6.67. The standard InChI is InChI=1S/C56H38N2OSi/c1-5-20-40(21-6-1)58-52-33-18-31-46(54(52)55-48-30-14-16-34-53(48)59-56(55)58)39-19-17-22-41(37-39)57-50-32-15-13-29-47(50)49-38-45(35-36-51(49)57)60(42-23-7-2-8-24-42,43-25-9-3-10-26-43)44-27-11-4-12-28-44/h1-38H. The van der Waals surface area contributed by atoms with Gasteiger partial charge in [0, 0.05) is 32.9 Å². The van der Waals surface area contributed by atoms with Gasteiger partial charge in [0.2, 0.25) is 5.71 Å². The minimum atomic E-state index is -2.73. The van der Waals surface area contributed by atoms with Crippen LogP contribution < -0.4 is 20.7 Å². The first-order valence-electron chi connectivity index (χ1n) is 20.6. The zero-order valence-electron chi connectivity index (χ0n) is 32.7. The predicted octanol–water partition coefficient (Wildman–Crippen LogP) is 11.7. The average molecular weight is 783 g/mol. The third-order valence-corrected chi connectivity index (χ3v) is 17.2. The lowest BCUT2D eigenvalue weighted by Gasteiger charge is -2.34. The van der Waals surface area contributed by atoms with Crippen molar-refractivity contribution in [3.63, 3.8) is 0 Å². The van der Waals surface area contributed by atoms with Gasteiger partial charge in [0.25, 0.3) is 0 Å². The first kappa shape index (κ1) is 34.4. The summed E-state index contributed by atoms with van der Waals surface area (Å²) in [6.45, 7) is 0. The van der Waals surface area contributed by atoms with Gasteiger partial charge in [-0.1, -0.05) is 182 Å². The van der Waals surface area contributed by atoms with E-state index >= 15 is 0 Å². The molecule has 282 valence electrons. The Kier molecular flexibility index (Phi) is 7.87. The lowest BCUT2D eigenvalue weighted by Crippen LogP contribution is -2.74. The topological polar surface area (TPSA) is 23.0 Å². The highest BCUT2D eigenvalue weighted by molar-refractivity contribution is 7.20. The molecule has 4 heteroatoms. The van der Waals surface area contributed by atoms with Gasteiger partial charge in [0.15, 0.2) is 8.07 Å². The molecular weight excluding hydrogens is 745 g/mol. The van der Waals surface area contributed by atoms with E-state index < -0.39 is 8.07 Å². The van der Waals surface area contributed by atoms with Crippen LogP contribution in [0.3, 0.4) is 0 Å². The highest BCUT2D eigenvalue weighted by atomic mass is 28.3. The van der Waals surface area contributed by atoms with Crippen LogP contribution in [0.25, 0.3) is 77.3 Å². The monoisotopic (exact) mass is 782 g/mol. The van der Waals surface area contributed by atoms with Crippen molar-refractivity contribution < 1.29 is 4.42 Å². The lowest BCUT2D eigenvalue weighted by atomic mass is 9.98. The van der Waals surface area contributed by atoms with Crippen molar-refractivity contribution in [2.45, 2.75) is 0 Å². The van der Waals surface area contributed by atoms with Crippen LogP contribution in [0.4, 0.5) is 0 Å². The summed E-state index contributed by atoms with van der Waals surface area (Å²) < 4.78 is 11.4. The second-order valence-corrected chi connectivity index (χ2v) is 19.4. The maximum Gasteiger partial charge on any atom is 0.213 e. The molecule has 60 heavy (non-hydrogen) atoms. The van der Waals surface area contributed by atoms with Crippen molar-refractivity contribution >= 4 is 83.6 Å². The van der Waals surface area contributed by atoms with Gasteiger partial charge in [0.05, 0.1) is 21.9 Å². The highest BCUT2D eigenvalue weighted by Crippen LogP contribution is 2.44. The molecule has 9 aromatic carbocycles. The van der Waals surface area contributed by atoms with Gasteiger partial charge >= 0.3 is 0 Å². The van der Waals surface area contributed by atoms with E-state index in [4.69, 9.17) is 4.42 Å². The van der Waals surface area contributed by atoms with E-state index in [1.807, 2.05) is 6.07 Å². The number of furan rings is 1. The molecule has 3 nitrogen and oxygen atoms in total. The normalized spacial score (nSPS) is 12.0. The summed E-state index contributed by atoms with van der Waals surface area (Å²) >= 11 is 0. The fraction of sp³-hybridized carbons (Fsp3) is 0. The van der Waals surface area contributed by atoms with Gasteiger partial charge in [-0.2, -0.15) is 0 Å². The molecule has 0 amide bonds. The van der Waals surface area contributed by atoms with Crippen LogP contribution in [0.5, 0.6) is 0 Å². The van der Waals surface area contributed by atoms with Crippen molar-refractivity contribution in [1.29, 1.82) is 0 Å². The minimum Gasteiger partial charge on any atom is -0.439 e. The maximum atomic E-state index is 6.67. The molecule has 0 bridgehead atoms. The van der Waals surface area contributed by atoms with Crippen LogP contribution in [-0.2, 0) is 0 Å². The first-order valence-corrected chi connectivity index (χ1v) is 22.6. The first-order chi connectivity index (χ1) is 29.8. The number of hydrogen-bond donors (Lipinski definition) is 0. The summed E-state index contributed by atoms with van der Waals surface area (Å²) in [7, 11) is -2.73. The highest BCUT2D eigenvalue weighted by Gasteiger charge is 2.41. The Labute approximate surface area is 348 Å². The summed E-state index contributed by atoms with van der Waals surface area (Å²) in [5.74, 6) is 0. The van der Waals surface area contributed by atoms with Crippen LogP contribution in [0.2, 0.25) is 0 Å². The molecule has 12 aromatic rings. The van der Waals surface area contributed by atoms with Crippen molar-refractivity contribution in [2.24, 2.45) is 0 Å². The van der Waals surface area contributed by atoms with E-state index in [9.17, 15) is 0 Å². The Hall–Kier alpha value is -7.66. The largest absolute Gasteiger partial charge is 0.439 e. The molecule has 0 saturated carbocycles. The molecule has 0 atom stereocenters.